The zero-order chi connectivity index (χ0) is 5.91. The SMILES string of the molecule is C/C=C\P(=O)(O)O.[NaH].[NaH]. The van der Waals surface area contributed by atoms with Crippen LogP contribution in [0.5, 0.6) is 0 Å². The van der Waals surface area contributed by atoms with E-state index in [0.717, 1.165) is 5.82 Å². The van der Waals surface area contributed by atoms with Gasteiger partial charge in [0.05, 0.1) is 0 Å². The first-order valence-corrected chi connectivity index (χ1v) is 3.43. The third-order valence-electron chi connectivity index (χ3n) is 0.343. The van der Waals surface area contributed by atoms with E-state index in [2.05, 4.69) is 0 Å². The Bertz CT molecular complexity index is 118. The first-order chi connectivity index (χ1) is 3.06. The van der Waals surface area contributed by atoms with Gasteiger partial charge in [-0.1, -0.05) is 6.08 Å². The van der Waals surface area contributed by atoms with E-state index in [9.17, 15) is 4.57 Å². The summed E-state index contributed by atoms with van der Waals surface area (Å²) in [5.74, 6) is 0.854. The molecule has 0 aromatic rings. The Labute approximate surface area is 98.7 Å². The predicted molar refractivity (Wildman–Crippen MR) is 41.2 cm³/mol. The maximum atomic E-state index is 9.84. The van der Waals surface area contributed by atoms with Crippen molar-refractivity contribution in [1.29, 1.82) is 0 Å². The maximum absolute atomic E-state index is 9.84. The Kier molecular flexibility index (Phi) is 15.2. The molecule has 2 N–H and O–H groups in total. The molecule has 0 radical (unpaired) electrons. The van der Waals surface area contributed by atoms with Gasteiger partial charge in [0.2, 0.25) is 0 Å². The summed E-state index contributed by atoms with van der Waals surface area (Å²) in [7, 11) is -3.85. The van der Waals surface area contributed by atoms with Crippen molar-refractivity contribution in [2.45, 2.75) is 6.92 Å². The van der Waals surface area contributed by atoms with Crippen molar-refractivity contribution >= 4 is 66.7 Å². The molecule has 0 unspecified atom stereocenters. The molecule has 0 aromatic heterocycles. The topological polar surface area (TPSA) is 57.5 Å². The van der Waals surface area contributed by atoms with Crippen LogP contribution >= 0.6 is 7.60 Å². The Morgan fingerprint density at radius 1 is 1.33 bits per heavy atom. The van der Waals surface area contributed by atoms with Gasteiger partial charge in [-0.2, -0.15) is 0 Å². The summed E-state index contributed by atoms with van der Waals surface area (Å²) in [6.07, 6.45) is 1.32. The Morgan fingerprint density at radius 3 is 1.67 bits per heavy atom. The van der Waals surface area contributed by atoms with E-state index in [0.29, 0.717) is 0 Å². The molecule has 46 valence electrons. The summed E-state index contributed by atoms with van der Waals surface area (Å²) in [6, 6.07) is 0. The predicted octanol–water partition coefficient (Wildman–Crippen LogP) is -0.599. The van der Waals surface area contributed by atoms with Gasteiger partial charge in [0.25, 0.3) is 0 Å². The van der Waals surface area contributed by atoms with Gasteiger partial charge in [-0.3, -0.25) is 4.57 Å². The quantitative estimate of drug-likeness (QED) is 0.408. The molecule has 0 aliphatic carbocycles. The van der Waals surface area contributed by atoms with E-state index in [1.807, 2.05) is 0 Å². The molecule has 0 rings (SSSR count). The molecule has 0 bridgehead atoms. The van der Waals surface area contributed by atoms with Crippen LogP contribution in [0.2, 0.25) is 0 Å². The van der Waals surface area contributed by atoms with E-state index in [1.54, 1.807) is 6.92 Å². The molecular weight excluding hydrogens is 161 g/mol. The third kappa shape index (κ3) is 17.7. The molecule has 9 heavy (non-hydrogen) atoms. The molecular formula is C3H9Na2O3P. The number of hydrogen-bond donors (Lipinski definition) is 2. The van der Waals surface area contributed by atoms with Crippen LogP contribution in [0, 0.1) is 0 Å². The third-order valence-corrected chi connectivity index (χ3v) is 1.03. The molecule has 0 fully saturated rings. The molecule has 0 heterocycles. The summed E-state index contributed by atoms with van der Waals surface area (Å²) < 4.78 is 9.84. The van der Waals surface area contributed by atoms with E-state index < -0.39 is 7.60 Å². The molecule has 3 nitrogen and oxygen atoms in total. The Balaban J connectivity index is -0.000000180. The van der Waals surface area contributed by atoms with Gasteiger partial charge in [-0.25, -0.2) is 0 Å². The van der Waals surface area contributed by atoms with Crippen LogP contribution in [0.25, 0.3) is 0 Å². The monoisotopic (exact) mass is 170 g/mol. The van der Waals surface area contributed by atoms with E-state index in [4.69, 9.17) is 9.79 Å². The van der Waals surface area contributed by atoms with Crippen LogP contribution in [0.4, 0.5) is 0 Å². The Hall–Kier alpha value is 1.89. The van der Waals surface area contributed by atoms with Crippen LogP contribution < -0.4 is 0 Å². The molecule has 0 aliphatic rings. The zero-order valence-electron chi connectivity index (χ0n) is 3.90. The van der Waals surface area contributed by atoms with E-state index >= 15 is 0 Å². The van der Waals surface area contributed by atoms with E-state index in [1.165, 1.54) is 6.08 Å². The van der Waals surface area contributed by atoms with Crippen molar-refractivity contribution in [2.24, 2.45) is 0 Å². The van der Waals surface area contributed by atoms with Gasteiger partial charge in [0.15, 0.2) is 0 Å². The average Bonchev–Trinajstić information content (AvgIpc) is 1.30. The minimum absolute atomic E-state index is 0. The van der Waals surface area contributed by atoms with Crippen molar-refractivity contribution < 1.29 is 14.4 Å². The molecule has 6 heteroatoms. The van der Waals surface area contributed by atoms with Crippen molar-refractivity contribution in [3.8, 4) is 0 Å². The molecule has 0 saturated heterocycles. The second kappa shape index (κ2) is 7.99. The molecule has 0 aliphatic heterocycles. The Morgan fingerprint density at radius 2 is 1.67 bits per heavy atom. The van der Waals surface area contributed by atoms with Gasteiger partial charge >= 0.3 is 66.7 Å². The molecule has 0 atom stereocenters. The summed E-state index contributed by atoms with van der Waals surface area (Å²) >= 11 is 0. The van der Waals surface area contributed by atoms with Gasteiger partial charge < -0.3 is 9.79 Å². The van der Waals surface area contributed by atoms with Crippen LogP contribution in [0.15, 0.2) is 11.9 Å². The first-order valence-electron chi connectivity index (χ1n) is 1.75. The van der Waals surface area contributed by atoms with Crippen LogP contribution in [-0.2, 0) is 4.57 Å². The van der Waals surface area contributed by atoms with Gasteiger partial charge in [0, 0.05) is 5.82 Å². The fraction of sp³-hybridized carbons (Fsp3) is 0.333. The fourth-order valence-corrected chi connectivity index (χ4v) is 0.583. The van der Waals surface area contributed by atoms with Crippen LogP contribution in [0.1, 0.15) is 6.92 Å². The second-order valence-corrected chi connectivity index (χ2v) is 2.55. The number of allylic oxidation sites excluding steroid dienone is 1. The van der Waals surface area contributed by atoms with Crippen LogP contribution in [0.3, 0.4) is 0 Å². The molecule has 0 amide bonds. The van der Waals surface area contributed by atoms with Crippen LogP contribution in [-0.4, -0.2) is 68.9 Å². The van der Waals surface area contributed by atoms with E-state index in [-0.39, 0.29) is 59.1 Å². The summed E-state index contributed by atoms with van der Waals surface area (Å²) in [5.41, 5.74) is 0. The second-order valence-electron chi connectivity index (χ2n) is 1.07. The number of hydrogen-bond acceptors (Lipinski definition) is 1. The fourth-order valence-electron chi connectivity index (χ4n) is 0.194. The normalized spacial score (nSPS) is 10.1. The van der Waals surface area contributed by atoms with Crippen molar-refractivity contribution in [2.75, 3.05) is 0 Å². The summed E-state index contributed by atoms with van der Waals surface area (Å²) in [6.45, 7) is 1.55. The zero-order valence-corrected chi connectivity index (χ0v) is 4.80. The summed E-state index contributed by atoms with van der Waals surface area (Å²) in [5, 5.41) is 0. The molecule has 0 aromatic carbocycles. The summed E-state index contributed by atoms with van der Waals surface area (Å²) in [4.78, 5) is 16.1. The minimum atomic E-state index is -3.85. The van der Waals surface area contributed by atoms with Gasteiger partial charge in [0.1, 0.15) is 0 Å². The van der Waals surface area contributed by atoms with Crippen molar-refractivity contribution in [1.82, 2.24) is 0 Å². The molecule has 0 spiro atoms. The van der Waals surface area contributed by atoms with Gasteiger partial charge in [-0.15, -0.1) is 0 Å². The van der Waals surface area contributed by atoms with Gasteiger partial charge in [-0.05, 0) is 6.92 Å². The van der Waals surface area contributed by atoms with Crippen molar-refractivity contribution in [3.63, 3.8) is 0 Å². The van der Waals surface area contributed by atoms with Crippen molar-refractivity contribution in [3.05, 3.63) is 11.9 Å². The standard InChI is InChI=1S/C3H7O3P.2Na.2H/c1-2-3-7(4,5)6;;;;/h2-3H,1H3,(H2,4,5,6);;;;/b3-2-;;;;. The molecule has 0 saturated carbocycles. The number of rotatable bonds is 1. The average molecular weight is 170 g/mol. The first kappa shape index (κ1) is 17.1.